The monoisotopic (exact) mass is 357 g/mol. The van der Waals surface area contributed by atoms with E-state index in [-0.39, 0.29) is 36.7 Å². The Morgan fingerprint density at radius 3 is 2.33 bits per heavy atom. The summed E-state index contributed by atoms with van der Waals surface area (Å²) in [5, 5.41) is 8.90. The van der Waals surface area contributed by atoms with Gasteiger partial charge in [0.05, 0.1) is 19.6 Å². The van der Waals surface area contributed by atoms with Gasteiger partial charge in [-0.2, -0.15) is 0 Å². The first-order chi connectivity index (χ1) is 11.1. The molecule has 0 aliphatic carbocycles. The zero-order valence-corrected chi connectivity index (χ0v) is 15.4. The molecule has 24 heavy (non-hydrogen) atoms. The van der Waals surface area contributed by atoms with Crippen LogP contribution >= 0.6 is 12.4 Å². The molecule has 1 rings (SSSR count). The molecule has 0 aromatic heterocycles. The topological polar surface area (TPSA) is 79.5 Å². The molecule has 1 aromatic carbocycles. The molecule has 2 amide bonds. The summed E-state index contributed by atoms with van der Waals surface area (Å²) in [6.07, 6.45) is 1.27. The molecule has 6 nitrogen and oxygen atoms in total. The number of hydrogen-bond acceptors (Lipinski definition) is 4. The Balaban J connectivity index is 0.00000529. The fraction of sp³-hybridized carbons (Fsp3) is 0.529. The molecule has 0 fully saturated rings. The summed E-state index contributed by atoms with van der Waals surface area (Å²) in [6, 6.07) is 7.00. The Hall–Kier alpha value is -1.79. The highest BCUT2D eigenvalue weighted by molar-refractivity contribution is 5.85. The molecule has 1 aromatic rings. The van der Waals surface area contributed by atoms with Crippen LogP contribution in [0, 0.1) is 0 Å². The van der Waals surface area contributed by atoms with Crippen molar-refractivity contribution in [2.75, 3.05) is 26.7 Å². The van der Waals surface area contributed by atoms with E-state index in [1.54, 1.807) is 7.11 Å². The number of halogens is 1. The van der Waals surface area contributed by atoms with E-state index >= 15 is 0 Å². The summed E-state index contributed by atoms with van der Waals surface area (Å²) >= 11 is 0. The van der Waals surface area contributed by atoms with Crippen molar-refractivity contribution >= 4 is 24.2 Å². The molecule has 1 unspecified atom stereocenters. The number of methoxy groups -OCH3 is 1. The summed E-state index contributed by atoms with van der Waals surface area (Å²) in [5.41, 5.74) is 0.875. The van der Waals surface area contributed by atoms with Gasteiger partial charge in [-0.05, 0) is 30.7 Å². The Morgan fingerprint density at radius 2 is 1.79 bits per heavy atom. The summed E-state index contributed by atoms with van der Waals surface area (Å²) in [7, 11) is 1.60. The molecule has 0 spiro atoms. The van der Waals surface area contributed by atoms with Crippen molar-refractivity contribution in [3.63, 3.8) is 0 Å². The van der Waals surface area contributed by atoms with Gasteiger partial charge in [0, 0.05) is 20.0 Å². The highest BCUT2D eigenvalue weighted by Crippen LogP contribution is 2.20. The predicted octanol–water partition coefficient (Wildman–Crippen LogP) is 1.80. The average molecular weight is 358 g/mol. The van der Waals surface area contributed by atoms with E-state index < -0.39 is 0 Å². The lowest BCUT2D eigenvalue weighted by molar-refractivity contribution is -0.122. The second-order valence-corrected chi connectivity index (χ2v) is 5.33. The second kappa shape index (κ2) is 12.6. The van der Waals surface area contributed by atoms with E-state index in [1.807, 2.05) is 24.3 Å². The zero-order valence-electron chi connectivity index (χ0n) is 14.6. The number of hydrogen-bond donors (Lipinski definition) is 3. The zero-order chi connectivity index (χ0) is 17.1. The molecule has 3 N–H and O–H groups in total. The molecule has 0 saturated carbocycles. The number of benzene rings is 1. The highest BCUT2D eigenvalue weighted by atomic mass is 35.5. The van der Waals surface area contributed by atoms with Gasteiger partial charge in [-0.15, -0.1) is 12.4 Å². The molecule has 0 saturated heterocycles. The maximum Gasteiger partial charge on any atom is 0.222 e. The first-order valence-electron chi connectivity index (χ1n) is 7.95. The number of amides is 2. The van der Waals surface area contributed by atoms with E-state index in [2.05, 4.69) is 22.9 Å². The van der Waals surface area contributed by atoms with Gasteiger partial charge >= 0.3 is 0 Å². The average Bonchev–Trinajstić information content (AvgIpc) is 2.53. The smallest absolute Gasteiger partial charge is 0.222 e. The standard InChI is InChI=1S/C17H27N3O3.ClH/c1-4-9-18-10-11-19-17(22)12-16(20-13(2)21)14-5-7-15(23-3)8-6-14;/h5-8,16,18H,4,9-12H2,1-3H3,(H,19,22)(H,20,21);1H. The van der Waals surface area contributed by atoms with Crippen LogP contribution < -0.4 is 20.7 Å². The van der Waals surface area contributed by atoms with Gasteiger partial charge in [-0.1, -0.05) is 19.1 Å². The third-order valence-electron chi connectivity index (χ3n) is 3.34. The summed E-state index contributed by atoms with van der Waals surface area (Å²) in [6.45, 7) is 5.80. The molecule has 136 valence electrons. The molecule has 1 atom stereocenters. The van der Waals surface area contributed by atoms with Crippen LogP contribution in [0.4, 0.5) is 0 Å². The van der Waals surface area contributed by atoms with Gasteiger partial charge in [0.2, 0.25) is 11.8 Å². The number of carbonyl (C=O) groups is 2. The largest absolute Gasteiger partial charge is 0.497 e. The summed E-state index contributed by atoms with van der Waals surface area (Å²) < 4.78 is 5.12. The second-order valence-electron chi connectivity index (χ2n) is 5.33. The maximum atomic E-state index is 12.0. The Kier molecular flexibility index (Phi) is 11.7. The third-order valence-corrected chi connectivity index (χ3v) is 3.34. The van der Waals surface area contributed by atoms with Gasteiger partial charge in [-0.25, -0.2) is 0 Å². The fourth-order valence-electron chi connectivity index (χ4n) is 2.18. The van der Waals surface area contributed by atoms with Crippen LogP contribution in [0.5, 0.6) is 5.75 Å². The maximum absolute atomic E-state index is 12.0. The first kappa shape index (κ1) is 22.2. The molecule has 7 heteroatoms. The SMILES string of the molecule is CCCNCCNC(=O)CC(NC(C)=O)c1ccc(OC)cc1.Cl. The summed E-state index contributed by atoms with van der Waals surface area (Å²) in [4.78, 5) is 23.4. The molecule has 0 radical (unpaired) electrons. The number of rotatable bonds is 10. The molecule has 0 heterocycles. The van der Waals surface area contributed by atoms with Gasteiger partial charge in [-0.3, -0.25) is 9.59 Å². The van der Waals surface area contributed by atoms with Crippen molar-refractivity contribution in [1.29, 1.82) is 0 Å². The van der Waals surface area contributed by atoms with Gasteiger partial charge in [0.1, 0.15) is 5.75 Å². The van der Waals surface area contributed by atoms with Gasteiger partial charge in [0.15, 0.2) is 0 Å². The minimum Gasteiger partial charge on any atom is -0.497 e. The minimum absolute atomic E-state index is 0. The quantitative estimate of drug-likeness (QED) is 0.558. The Bertz CT molecular complexity index is 494. The van der Waals surface area contributed by atoms with Crippen LogP contribution in [-0.4, -0.2) is 38.6 Å². The third kappa shape index (κ3) is 8.74. The lowest BCUT2D eigenvalue weighted by Gasteiger charge is -2.18. The first-order valence-corrected chi connectivity index (χ1v) is 7.95. The van der Waals surface area contributed by atoms with Crippen molar-refractivity contribution in [3.05, 3.63) is 29.8 Å². The fourth-order valence-corrected chi connectivity index (χ4v) is 2.18. The minimum atomic E-state index is -0.345. The van der Waals surface area contributed by atoms with E-state index in [4.69, 9.17) is 4.74 Å². The molecule has 0 bridgehead atoms. The highest BCUT2D eigenvalue weighted by Gasteiger charge is 2.17. The summed E-state index contributed by atoms with van der Waals surface area (Å²) in [5.74, 6) is 0.489. The van der Waals surface area contributed by atoms with Crippen LogP contribution in [0.25, 0.3) is 0 Å². The molecular formula is C17H28ClN3O3. The number of nitrogens with one attached hydrogen (secondary N) is 3. The lowest BCUT2D eigenvalue weighted by atomic mass is 10.0. The van der Waals surface area contributed by atoms with Gasteiger partial charge < -0.3 is 20.7 Å². The van der Waals surface area contributed by atoms with Crippen molar-refractivity contribution in [2.24, 2.45) is 0 Å². The number of carbonyl (C=O) groups excluding carboxylic acids is 2. The van der Waals surface area contributed by atoms with Crippen LogP contribution in [0.2, 0.25) is 0 Å². The van der Waals surface area contributed by atoms with Crippen LogP contribution in [0.3, 0.4) is 0 Å². The van der Waals surface area contributed by atoms with E-state index in [0.29, 0.717) is 6.54 Å². The molecule has 0 aliphatic heterocycles. The number of ether oxygens (including phenoxy) is 1. The van der Waals surface area contributed by atoms with Gasteiger partial charge in [0.25, 0.3) is 0 Å². The van der Waals surface area contributed by atoms with E-state index in [9.17, 15) is 9.59 Å². The Labute approximate surface area is 150 Å². The molecule has 0 aliphatic rings. The van der Waals surface area contributed by atoms with Crippen molar-refractivity contribution < 1.29 is 14.3 Å². The van der Waals surface area contributed by atoms with E-state index in [0.717, 1.165) is 30.8 Å². The normalized spacial score (nSPS) is 11.1. The lowest BCUT2D eigenvalue weighted by Crippen LogP contribution is -2.35. The van der Waals surface area contributed by atoms with Crippen molar-refractivity contribution in [1.82, 2.24) is 16.0 Å². The van der Waals surface area contributed by atoms with Crippen LogP contribution in [0.1, 0.15) is 38.3 Å². The van der Waals surface area contributed by atoms with Crippen LogP contribution in [-0.2, 0) is 9.59 Å². The van der Waals surface area contributed by atoms with Crippen LogP contribution in [0.15, 0.2) is 24.3 Å². The predicted molar refractivity (Wildman–Crippen MR) is 97.6 cm³/mol. The van der Waals surface area contributed by atoms with Crippen molar-refractivity contribution in [2.45, 2.75) is 32.7 Å². The van der Waals surface area contributed by atoms with E-state index in [1.165, 1.54) is 6.92 Å². The van der Waals surface area contributed by atoms with Crippen molar-refractivity contribution in [3.8, 4) is 5.75 Å². The Morgan fingerprint density at radius 1 is 1.12 bits per heavy atom. The molecular weight excluding hydrogens is 330 g/mol.